The summed E-state index contributed by atoms with van der Waals surface area (Å²) in [5, 5.41) is 2.58. The molecular formula is C16H15BrClNO2S. The lowest BCUT2D eigenvalue weighted by Gasteiger charge is -2.33. The summed E-state index contributed by atoms with van der Waals surface area (Å²) < 4.78 is 6.46. The van der Waals surface area contributed by atoms with E-state index < -0.39 is 0 Å². The van der Waals surface area contributed by atoms with Crippen LogP contribution in [0.25, 0.3) is 0 Å². The molecule has 0 N–H and O–H groups in total. The van der Waals surface area contributed by atoms with Crippen LogP contribution in [0.15, 0.2) is 34.1 Å². The van der Waals surface area contributed by atoms with Crippen LogP contribution in [0.2, 0.25) is 5.02 Å². The molecule has 116 valence electrons. The number of benzene rings is 1. The molecule has 22 heavy (non-hydrogen) atoms. The van der Waals surface area contributed by atoms with E-state index in [1.165, 1.54) is 10.4 Å². The van der Waals surface area contributed by atoms with Crippen molar-refractivity contribution in [3.05, 3.63) is 49.6 Å². The smallest absolute Gasteiger partial charge is 0.261 e. The van der Waals surface area contributed by atoms with Crippen LogP contribution in [0.1, 0.15) is 23.4 Å². The average Bonchev–Trinajstić information content (AvgIpc) is 2.96. The largest absolute Gasteiger partial charge is 0.482 e. The minimum Gasteiger partial charge on any atom is -0.482 e. The number of thiophene rings is 1. The first-order valence-electron chi connectivity index (χ1n) is 7.00. The van der Waals surface area contributed by atoms with E-state index >= 15 is 0 Å². The summed E-state index contributed by atoms with van der Waals surface area (Å²) in [6.45, 7) is 2.81. The van der Waals surface area contributed by atoms with Gasteiger partial charge in [-0.15, -0.1) is 11.3 Å². The molecule has 0 radical (unpaired) electrons. The van der Waals surface area contributed by atoms with Crippen molar-refractivity contribution in [1.29, 1.82) is 0 Å². The highest BCUT2D eigenvalue weighted by molar-refractivity contribution is 9.10. The van der Waals surface area contributed by atoms with E-state index in [2.05, 4.69) is 34.3 Å². The van der Waals surface area contributed by atoms with Gasteiger partial charge in [0.1, 0.15) is 5.75 Å². The van der Waals surface area contributed by atoms with Gasteiger partial charge in [0.05, 0.1) is 11.1 Å². The second-order valence-corrected chi connectivity index (χ2v) is 7.50. The number of halogens is 2. The Bertz CT molecular complexity index is 703. The van der Waals surface area contributed by atoms with E-state index in [4.69, 9.17) is 16.3 Å². The van der Waals surface area contributed by atoms with Gasteiger partial charge in [0, 0.05) is 15.9 Å². The van der Waals surface area contributed by atoms with Gasteiger partial charge in [-0.05, 0) is 48.6 Å². The summed E-state index contributed by atoms with van der Waals surface area (Å²) >= 11 is 11.2. The molecule has 0 spiro atoms. The second-order valence-electron chi connectivity index (χ2n) is 5.18. The van der Waals surface area contributed by atoms with E-state index in [0.717, 1.165) is 17.4 Å². The van der Waals surface area contributed by atoms with Crippen molar-refractivity contribution in [1.82, 2.24) is 4.90 Å². The molecule has 0 saturated carbocycles. The van der Waals surface area contributed by atoms with Crippen LogP contribution in [0.4, 0.5) is 0 Å². The van der Waals surface area contributed by atoms with Gasteiger partial charge in [-0.2, -0.15) is 0 Å². The van der Waals surface area contributed by atoms with Crippen molar-refractivity contribution in [2.75, 3.05) is 13.2 Å². The van der Waals surface area contributed by atoms with Crippen molar-refractivity contribution in [3.63, 3.8) is 0 Å². The number of nitrogens with zero attached hydrogens (tertiary/aromatic N) is 1. The number of carbonyl (C=O) groups is 1. The summed E-state index contributed by atoms with van der Waals surface area (Å²) in [5.74, 6) is 0.516. The van der Waals surface area contributed by atoms with Crippen LogP contribution < -0.4 is 4.74 Å². The fraction of sp³-hybridized carbons (Fsp3) is 0.312. The molecule has 6 heteroatoms. The van der Waals surface area contributed by atoms with Gasteiger partial charge >= 0.3 is 0 Å². The van der Waals surface area contributed by atoms with Gasteiger partial charge < -0.3 is 9.64 Å². The highest BCUT2D eigenvalue weighted by atomic mass is 79.9. The minimum absolute atomic E-state index is 0.00512. The Morgan fingerprint density at radius 1 is 1.50 bits per heavy atom. The van der Waals surface area contributed by atoms with Gasteiger partial charge in [0.2, 0.25) is 0 Å². The number of fused-ring (bicyclic) bond motifs is 1. The lowest BCUT2D eigenvalue weighted by Crippen LogP contribution is -2.40. The van der Waals surface area contributed by atoms with Crippen molar-refractivity contribution < 1.29 is 9.53 Å². The van der Waals surface area contributed by atoms with Gasteiger partial charge in [-0.3, -0.25) is 4.79 Å². The number of rotatable bonds is 3. The molecule has 1 aliphatic heterocycles. The van der Waals surface area contributed by atoms with Gasteiger partial charge in [0.15, 0.2) is 6.61 Å². The summed E-state index contributed by atoms with van der Waals surface area (Å²) in [6, 6.07) is 7.56. The first-order valence-corrected chi connectivity index (χ1v) is 9.05. The number of hydrogen-bond donors (Lipinski definition) is 0. The molecule has 0 saturated heterocycles. The molecule has 1 aromatic carbocycles. The second kappa shape index (κ2) is 6.60. The SMILES string of the molecule is C[C@H]1c2ccsc2CCN1C(=O)COc1ccc(Br)cc1Cl. The van der Waals surface area contributed by atoms with Gasteiger partial charge in [0.25, 0.3) is 5.91 Å². The van der Waals surface area contributed by atoms with Crippen LogP contribution in [-0.4, -0.2) is 24.0 Å². The monoisotopic (exact) mass is 399 g/mol. The third-order valence-electron chi connectivity index (χ3n) is 3.84. The van der Waals surface area contributed by atoms with Crippen molar-refractivity contribution in [2.45, 2.75) is 19.4 Å². The number of hydrogen-bond acceptors (Lipinski definition) is 3. The van der Waals surface area contributed by atoms with E-state index in [1.807, 2.05) is 11.0 Å². The van der Waals surface area contributed by atoms with Crippen molar-refractivity contribution in [3.8, 4) is 5.75 Å². The summed E-state index contributed by atoms with van der Waals surface area (Å²) in [4.78, 5) is 15.7. The molecule has 0 fully saturated rings. The fourth-order valence-electron chi connectivity index (χ4n) is 2.66. The quantitative estimate of drug-likeness (QED) is 0.748. The van der Waals surface area contributed by atoms with Gasteiger partial charge in [-0.1, -0.05) is 27.5 Å². The lowest BCUT2D eigenvalue weighted by molar-refractivity contribution is -0.135. The molecule has 0 bridgehead atoms. The third kappa shape index (κ3) is 3.16. The molecule has 1 atom stereocenters. The summed E-state index contributed by atoms with van der Waals surface area (Å²) in [7, 11) is 0. The first kappa shape index (κ1) is 15.8. The zero-order chi connectivity index (χ0) is 15.7. The molecule has 3 rings (SSSR count). The molecule has 0 aliphatic carbocycles. The lowest BCUT2D eigenvalue weighted by atomic mass is 10.0. The highest BCUT2D eigenvalue weighted by Gasteiger charge is 2.28. The molecule has 1 aromatic heterocycles. The van der Waals surface area contributed by atoms with E-state index in [-0.39, 0.29) is 18.6 Å². The maximum Gasteiger partial charge on any atom is 0.261 e. The molecule has 1 amide bonds. The maximum atomic E-state index is 12.4. The Morgan fingerprint density at radius 3 is 3.09 bits per heavy atom. The Labute approximate surface area is 147 Å². The predicted molar refractivity (Wildman–Crippen MR) is 92.8 cm³/mol. The van der Waals surface area contributed by atoms with Crippen LogP contribution in [0.3, 0.4) is 0 Å². The standard InChI is InChI=1S/C16H15BrClNO2S/c1-10-12-5-7-22-15(12)4-6-19(10)16(20)9-21-14-3-2-11(17)8-13(14)18/h2-3,5,7-8,10H,4,6,9H2,1H3/t10-/m0/s1. The molecule has 2 aromatic rings. The zero-order valence-electron chi connectivity index (χ0n) is 12.0. The van der Waals surface area contributed by atoms with Crippen LogP contribution in [0, 0.1) is 0 Å². The summed E-state index contributed by atoms with van der Waals surface area (Å²) in [5.41, 5.74) is 1.26. The molecule has 2 heterocycles. The highest BCUT2D eigenvalue weighted by Crippen LogP contribution is 2.33. The number of amides is 1. The van der Waals surface area contributed by atoms with Gasteiger partial charge in [-0.25, -0.2) is 0 Å². The fourth-order valence-corrected chi connectivity index (χ4v) is 4.36. The predicted octanol–water partition coefficient (Wildman–Crippen LogP) is 4.69. The van der Waals surface area contributed by atoms with Crippen LogP contribution >= 0.6 is 38.9 Å². The Hall–Kier alpha value is -1.04. The van der Waals surface area contributed by atoms with Crippen LogP contribution in [-0.2, 0) is 11.2 Å². The molecular weight excluding hydrogens is 386 g/mol. The summed E-state index contributed by atoms with van der Waals surface area (Å²) in [6.07, 6.45) is 0.919. The Balaban J connectivity index is 1.65. The zero-order valence-corrected chi connectivity index (χ0v) is 15.2. The number of ether oxygens (including phenoxy) is 1. The third-order valence-corrected chi connectivity index (χ3v) is 5.63. The van der Waals surface area contributed by atoms with Crippen LogP contribution in [0.5, 0.6) is 5.75 Å². The topological polar surface area (TPSA) is 29.5 Å². The van der Waals surface area contributed by atoms with E-state index in [1.54, 1.807) is 23.5 Å². The van der Waals surface area contributed by atoms with Crippen molar-refractivity contribution >= 4 is 44.8 Å². The maximum absolute atomic E-state index is 12.4. The molecule has 1 aliphatic rings. The minimum atomic E-state index is -0.0108. The number of carbonyl (C=O) groups excluding carboxylic acids is 1. The van der Waals surface area contributed by atoms with Crippen molar-refractivity contribution in [2.24, 2.45) is 0 Å². The van der Waals surface area contributed by atoms with E-state index in [9.17, 15) is 4.79 Å². The average molecular weight is 401 g/mol. The Morgan fingerprint density at radius 2 is 2.32 bits per heavy atom. The van der Waals surface area contributed by atoms with E-state index in [0.29, 0.717) is 10.8 Å². The first-order chi connectivity index (χ1) is 10.6. The molecule has 3 nitrogen and oxygen atoms in total. The normalized spacial score (nSPS) is 17.2. The molecule has 0 unspecified atom stereocenters. The Kier molecular flexibility index (Phi) is 4.76.